The number of hydrogen-bond acceptors (Lipinski definition) is 2. The van der Waals surface area contributed by atoms with Crippen molar-refractivity contribution in [1.82, 2.24) is 0 Å². The summed E-state index contributed by atoms with van der Waals surface area (Å²) >= 11 is 0. The summed E-state index contributed by atoms with van der Waals surface area (Å²) < 4.78 is 0. The molecule has 4 N–H and O–H groups in total. The minimum absolute atomic E-state index is 0.815. The van der Waals surface area contributed by atoms with E-state index in [1.54, 1.807) is 0 Å². The summed E-state index contributed by atoms with van der Waals surface area (Å²) in [5.74, 6) is 0. The van der Waals surface area contributed by atoms with Crippen LogP contribution in [0, 0.1) is 0 Å². The lowest BCUT2D eigenvalue weighted by Gasteiger charge is -2.13. The summed E-state index contributed by atoms with van der Waals surface area (Å²) in [6, 6.07) is 39.6. The van der Waals surface area contributed by atoms with Gasteiger partial charge in [0.15, 0.2) is 0 Å². The van der Waals surface area contributed by atoms with Gasteiger partial charge in [0.2, 0.25) is 0 Å². The number of nitrogen functional groups attached to an aromatic ring is 2. The van der Waals surface area contributed by atoms with Crippen LogP contribution in [0.4, 0.5) is 11.4 Å². The number of aryl methyl sites for hydroxylation is 2. The van der Waals surface area contributed by atoms with Crippen LogP contribution in [0.1, 0.15) is 69.5 Å². The van der Waals surface area contributed by atoms with Gasteiger partial charge >= 0.3 is 0 Å². The first-order valence-electron chi connectivity index (χ1n) is 14.5. The smallest absolute Gasteiger partial charge is 0.0314 e. The number of rotatable bonds is 10. The first-order valence-corrected chi connectivity index (χ1v) is 14.5. The lowest BCUT2D eigenvalue weighted by molar-refractivity contribution is 1.04. The third-order valence-electron chi connectivity index (χ3n) is 7.89. The Morgan fingerprint density at radius 3 is 1.00 bits per heavy atom. The lowest BCUT2D eigenvalue weighted by atomic mass is 9.93. The van der Waals surface area contributed by atoms with E-state index in [1.165, 1.54) is 55.6 Å². The second-order valence-corrected chi connectivity index (χ2v) is 10.9. The van der Waals surface area contributed by atoms with E-state index in [2.05, 4.69) is 98.8 Å². The number of nitrogens with two attached hydrogens (primary N) is 2. The van der Waals surface area contributed by atoms with Crippen molar-refractivity contribution >= 4 is 11.4 Å². The van der Waals surface area contributed by atoms with Crippen molar-refractivity contribution < 1.29 is 0 Å². The van der Waals surface area contributed by atoms with Gasteiger partial charge in [-0.25, -0.2) is 0 Å². The van der Waals surface area contributed by atoms with Gasteiger partial charge in [-0.2, -0.15) is 0 Å². The van der Waals surface area contributed by atoms with E-state index in [0.717, 1.165) is 49.9 Å². The van der Waals surface area contributed by atoms with Gasteiger partial charge in [0.1, 0.15) is 0 Å². The zero-order chi connectivity index (χ0) is 27.9. The average molecular weight is 525 g/mol. The molecule has 5 aromatic rings. The Labute approximate surface area is 239 Å². The molecule has 5 rings (SSSR count). The molecule has 0 saturated heterocycles. The molecule has 0 unspecified atom stereocenters. The molecule has 2 nitrogen and oxygen atoms in total. The Kier molecular flexibility index (Phi) is 8.66. The standard InChI is InChI=1S/C38H40N2/c1-3-33-25-31(9-15-35(33)23-29-11-17-37(39)18-12-29)21-27-5-7-28(8-6-27)22-32-10-16-36(34(4-2)26-32)24-30-13-19-38(40)20-14-30/h5-20,25-26H,3-4,21-24,39-40H2,1-2H3. The fourth-order valence-corrected chi connectivity index (χ4v) is 5.54. The summed E-state index contributed by atoms with van der Waals surface area (Å²) in [4.78, 5) is 0. The number of anilines is 2. The Bertz CT molecular complexity index is 1430. The molecule has 40 heavy (non-hydrogen) atoms. The van der Waals surface area contributed by atoms with E-state index in [1.807, 2.05) is 24.3 Å². The lowest BCUT2D eigenvalue weighted by Crippen LogP contribution is -1.99. The van der Waals surface area contributed by atoms with Crippen LogP contribution in [0.25, 0.3) is 0 Å². The highest BCUT2D eigenvalue weighted by molar-refractivity contribution is 5.44. The van der Waals surface area contributed by atoms with Crippen LogP contribution >= 0.6 is 0 Å². The van der Waals surface area contributed by atoms with Gasteiger partial charge in [-0.15, -0.1) is 0 Å². The van der Waals surface area contributed by atoms with Crippen molar-refractivity contribution in [2.75, 3.05) is 11.5 Å². The first kappa shape index (κ1) is 27.3. The van der Waals surface area contributed by atoms with E-state index in [0.29, 0.717) is 0 Å². The van der Waals surface area contributed by atoms with Crippen molar-refractivity contribution in [3.63, 3.8) is 0 Å². The van der Waals surface area contributed by atoms with Crippen LogP contribution in [0.5, 0.6) is 0 Å². The predicted octanol–water partition coefficient (Wildman–Crippen LogP) is 8.34. The van der Waals surface area contributed by atoms with Crippen LogP contribution in [0.3, 0.4) is 0 Å². The molecule has 2 heteroatoms. The van der Waals surface area contributed by atoms with Crippen LogP contribution in [-0.2, 0) is 38.5 Å². The molecule has 0 atom stereocenters. The van der Waals surface area contributed by atoms with Crippen LogP contribution in [-0.4, -0.2) is 0 Å². The van der Waals surface area contributed by atoms with Gasteiger partial charge in [0, 0.05) is 11.4 Å². The molecule has 0 amide bonds. The molecule has 0 aliphatic heterocycles. The van der Waals surface area contributed by atoms with Gasteiger partial charge in [0.25, 0.3) is 0 Å². The number of benzene rings is 5. The third kappa shape index (κ3) is 7.01. The molecule has 5 aromatic carbocycles. The first-order chi connectivity index (χ1) is 19.5. The Morgan fingerprint density at radius 1 is 0.350 bits per heavy atom. The van der Waals surface area contributed by atoms with Crippen molar-refractivity contribution in [3.8, 4) is 0 Å². The summed E-state index contributed by atoms with van der Waals surface area (Å²) in [6.45, 7) is 4.49. The van der Waals surface area contributed by atoms with Crippen molar-refractivity contribution in [1.29, 1.82) is 0 Å². The van der Waals surface area contributed by atoms with Gasteiger partial charge in [-0.1, -0.05) is 98.8 Å². The number of hydrogen-bond donors (Lipinski definition) is 2. The third-order valence-corrected chi connectivity index (χ3v) is 7.89. The Morgan fingerprint density at radius 2 is 0.650 bits per heavy atom. The van der Waals surface area contributed by atoms with Crippen LogP contribution < -0.4 is 11.5 Å². The topological polar surface area (TPSA) is 52.0 Å². The van der Waals surface area contributed by atoms with Gasteiger partial charge < -0.3 is 11.5 Å². The highest BCUT2D eigenvalue weighted by Crippen LogP contribution is 2.22. The molecule has 0 bridgehead atoms. The summed E-state index contributed by atoms with van der Waals surface area (Å²) in [7, 11) is 0. The summed E-state index contributed by atoms with van der Waals surface area (Å²) in [5.41, 5.74) is 27.0. The fourth-order valence-electron chi connectivity index (χ4n) is 5.54. The maximum atomic E-state index is 5.86. The quantitative estimate of drug-likeness (QED) is 0.180. The fraction of sp³-hybridized carbons (Fsp3) is 0.211. The van der Waals surface area contributed by atoms with E-state index >= 15 is 0 Å². The molecule has 0 spiro atoms. The molecule has 0 aromatic heterocycles. The van der Waals surface area contributed by atoms with E-state index in [9.17, 15) is 0 Å². The Hall–Kier alpha value is -4.30. The molecule has 0 aliphatic rings. The van der Waals surface area contributed by atoms with E-state index in [-0.39, 0.29) is 0 Å². The van der Waals surface area contributed by atoms with E-state index in [4.69, 9.17) is 11.5 Å². The van der Waals surface area contributed by atoms with Gasteiger partial charge in [-0.05, 0) is 118 Å². The van der Waals surface area contributed by atoms with Crippen molar-refractivity contribution in [2.24, 2.45) is 0 Å². The molecule has 0 heterocycles. The zero-order valence-corrected chi connectivity index (χ0v) is 23.8. The molecule has 0 radical (unpaired) electrons. The largest absolute Gasteiger partial charge is 0.399 e. The monoisotopic (exact) mass is 524 g/mol. The van der Waals surface area contributed by atoms with Crippen molar-refractivity contribution in [2.45, 2.75) is 52.4 Å². The molecule has 202 valence electrons. The highest BCUT2D eigenvalue weighted by Gasteiger charge is 2.08. The minimum atomic E-state index is 0.815. The van der Waals surface area contributed by atoms with E-state index < -0.39 is 0 Å². The minimum Gasteiger partial charge on any atom is -0.399 e. The zero-order valence-electron chi connectivity index (χ0n) is 23.8. The molecule has 0 fully saturated rings. The SMILES string of the molecule is CCc1cc(Cc2ccc(Cc3ccc(Cc4ccc(N)cc4)c(CC)c3)cc2)ccc1Cc1ccc(N)cc1. The second-order valence-electron chi connectivity index (χ2n) is 10.9. The van der Waals surface area contributed by atoms with Crippen LogP contribution in [0.15, 0.2) is 109 Å². The molecule has 0 saturated carbocycles. The van der Waals surface area contributed by atoms with Gasteiger partial charge in [-0.3, -0.25) is 0 Å². The molecule has 0 aliphatic carbocycles. The second kappa shape index (κ2) is 12.7. The van der Waals surface area contributed by atoms with Crippen LogP contribution in [0.2, 0.25) is 0 Å². The summed E-state index contributed by atoms with van der Waals surface area (Å²) in [6.07, 6.45) is 5.87. The summed E-state index contributed by atoms with van der Waals surface area (Å²) in [5, 5.41) is 0. The molecular weight excluding hydrogens is 484 g/mol. The van der Waals surface area contributed by atoms with Gasteiger partial charge in [0.05, 0.1) is 0 Å². The van der Waals surface area contributed by atoms with Crippen molar-refractivity contribution in [3.05, 3.63) is 165 Å². The highest BCUT2D eigenvalue weighted by atomic mass is 14.5. The maximum absolute atomic E-state index is 5.86. The molecular formula is C38H40N2. The Balaban J connectivity index is 1.23. The normalized spacial score (nSPS) is 11.1. The average Bonchev–Trinajstić information content (AvgIpc) is 2.98. The maximum Gasteiger partial charge on any atom is 0.0314 e. The predicted molar refractivity (Wildman–Crippen MR) is 171 cm³/mol.